The number of carbonyl (C=O) groups is 2. The summed E-state index contributed by atoms with van der Waals surface area (Å²) in [5, 5.41) is 5.73. The average molecular weight is 407 g/mol. The highest BCUT2D eigenvalue weighted by Gasteiger charge is 2.39. The SMILES string of the molecule is C[C@H]1C[C@H]1C(=O)Nc1ccc(NC(=O)c2cccc(S(C)(=O)=O)c2)c(Cl)c1. The van der Waals surface area contributed by atoms with Crippen LogP contribution in [0.4, 0.5) is 11.4 Å². The average Bonchev–Trinajstić information content (AvgIpc) is 3.33. The molecule has 6 nitrogen and oxygen atoms in total. The van der Waals surface area contributed by atoms with Gasteiger partial charge in [-0.25, -0.2) is 8.42 Å². The minimum atomic E-state index is -3.41. The number of hydrogen-bond acceptors (Lipinski definition) is 4. The van der Waals surface area contributed by atoms with Crippen LogP contribution in [0.5, 0.6) is 0 Å². The molecule has 1 saturated carbocycles. The first-order chi connectivity index (χ1) is 12.6. The summed E-state index contributed by atoms with van der Waals surface area (Å²) in [5.74, 6) is -0.0639. The normalized spacial score (nSPS) is 18.6. The van der Waals surface area contributed by atoms with Crippen LogP contribution < -0.4 is 10.6 Å². The zero-order valence-corrected chi connectivity index (χ0v) is 16.4. The van der Waals surface area contributed by atoms with Crippen molar-refractivity contribution in [2.75, 3.05) is 16.9 Å². The number of halogens is 1. The van der Waals surface area contributed by atoms with Crippen molar-refractivity contribution in [3.63, 3.8) is 0 Å². The standard InChI is InChI=1S/C19H19ClN2O4S/c1-11-8-15(11)19(24)21-13-6-7-17(16(20)10-13)22-18(23)12-4-3-5-14(9-12)27(2,25)26/h3-7,9-11,15H,8H2,1-2H3,(H,21,24)(H,22,23)/t11-,15+/m0/s1. The molecule has 0 radical (unpaired) electrons. The summed E-state index contributed by atoms with van der Waals surface area (Å²) in [6.07, 6.45) is 1.97. The maximum absolute atomic E-state index is 12.4. The molecule has 27 heavy (non-hydrogen) atoms. The molecule has 8 heteroatoms. The number of nitrogens with one attached hydrogen (secondary N) is 2. The fraction of sp³-hybridized carbons (Fsp3) is 0.263. The van der Waals surface area contributed by atoms with Crippen molar-refractivity contribution in [3.8, 4) is 0 Å². The van der Waals surface area contributed by atoms with Gasteiger partial charge in [0.1, 0.15) is 0 Å². The summed E-state index contributed by atoms with van der Waals surface area (Å²) in [6, 6.07) is 10.6. The fourth-order valence-electron chi connectivity index (χ4n) is 2.68. The van der Waals surface area contributed by atoms with Gasteiger partial charge in [-0.1, -0.05) is 24.6 Å². The molecule has 2 aromatic rings. The molecule has 0 aromatic heterocycles. The maximum Gasteiger partial charge on any atom is 0.255 e. The second-order valence-corrected chi connectivity index (χ2v) is 9.18. The minimum absolute atomic E-state index is 0.0343. The molecule has 0 spiro atoms. The summed E-state index contributed by atoms with van der Waals surface area (Å²) in [4.78, 5) is 24.5. The van der Waals surface area contributed by atoms with E-state index in [4.69, 9.17) is 11.6 Å². The van der Waals surface area contributed by atoms with Gasteiger partial charge in [0.05, 0.1) is 15.6 Å². The Kier molecular flexibility index (Phi) is 5.26. The zero-order valence-electron chi connectivity index (χ0n) is 14.8. The van der Waals surface area contributed by atoms with Crippen molar-refractivity contribution in [1.82, 2.24) is 0 Å². The van der Waals surface area contributed by atoms with Crippen molar-refractivity contribution in [1.29, 1.82) is 0 Å². The number of rotatable bonds is 5. The van der Waals surface area contributed by atoms with Gasteiger partial charge in [0.25, 0.3) is 5.91 Å². The van der Waals surface area contributed by atoms with Crippen molar-refractivity contribution >= 4 is 44.6 Å². The van der Waals surface area contributed by atoms with Gasteiger partial charge >= 0.3 is 0 Å². The van der Waals surface area contributed by atoms with E-state index < -0.39 is 15.7 Å². The molecule has 1 fully saturated rings. The minimum Gasteiger partial charge on any atom is -0.326 e. The van der Waals surface area contributed by atoms with Gasteiger partial charge in [-0.05, 0) is 48.7 Å². The highest BCUT2D eigenvalue weighted by molar-refractivity contribution is 7.90. The van der Waals surface area contributed by atoms with E-state index in [0.717, 1.165) is 12.7 Å². The number of benzene rings is 2. The third kappa shape index (κ3) is 4.67. The van der Waals surface area contributed by atoms with Gasteiger partial charge in [0.15, 0.2) is 9.84 Å². The Labute approximate surface area is 162 Å². The van der Waals surface area contributed by atoms with E-state index >= 15 is 0 Å². The Balaban J connectivity index is 1.72. The largest absolute Gasteiger partial charge is 0.326 e. The summed E-state index contributed by atoms with van der Waals surface area (Å²) in [5.41, 5.74) is 1.12. The lowest BCUT2D eigenvalue weighted by atomic mass is 10.2. The van der Waals surface area contributed by atoms with Crippen LogP contribution in [0.1, 0.15) is 23.7 Å². The molecule has 2 atom stereocenters. The quantitative estimate of drug-likeness (QED) is 0.793. The fourth-order valence-corrected chi connectivity index (χ4v) is 3.57. The molecule has 0 unspecified atom stereocenters. The first-order valence-electron chi connectivity index (χ1n) is 8.37. The molecule has 142 valence electrons. The summed E-state index contributed by atoms with van der Waals surface area (Å²) < 4.78 is 23.3. The van der Waals surface area contributed by atoms with Crippen LogP contribution in [0.15, 0.2) is 47.4 Å². The molecular formula is C19H19ClN2O4S. The van der Waals surface area contributed by atoms with E-state index in [9.17, 15) is 18.0 Å². The Morgan fingerprint density at radius 1 is 1.11 bits per heavy atom. The van der Waals surface area contributed by atoms with Crippen LogP contribution in [0, 0.1) is 11.8 Å². The molecule has 1 aliphatic rings. The molecule has 0 aliphatic heterocycles. The van der Waals surface area contributed by atoms with Crippen molar-refractivity contribution in [2.45, 2.75) is 18.2 Å². The molecule has 0 heterocycles. The van der Waals surface area contributed by atoms with E-state index in [2.05, 4.69) is 10.6 Å². The molecule has 3 rings (SSSR count). The summed E-state index contributed by atoms with van der Waals surface area (Å²) in [6.45, 7) is 2.02. The van der Waals surface area contributed by atoms with Crippen LogP contribution >= 0.6 is 11.6 Å². The highest BCUT2D eigenvalue weighted by atomic mass is 35.5. The first kappa shape index (κ1) is 19.4. The van der Waals surface area contributed by atoms with E-state index in [0.29, 0.717) is 17.3 Å². The van der Waals surface area contributed by atoms with Gasteiger partial charge in [-0.15, -0.1) is 0 Å². The lowest BCUT2D eigenvalue weighted by molar-refractivity contribution is -0.117. The van der Waals surface area contributed by atoms with Gasteiger partial charge in [0.2, 0.25) is 5.91 Å². The Bertz CT molecular complexity index is 1020. The van der Waals surface area contributed by atoms with Crippen molar-refractivity contribution < 1.29 is 18.0 Å². The van der Waals surface area contributed by atoms with Crippen LogP contribution in [0.3, 0.4) is 0 Å². The Morgan fingerprint density at radius 2 is 1.81 bits per heavy atom. The van der Waals surface area contributed by atoms with E-state index in [1.54, 1.807) is 18.2 Å². The monoisotopic (exact) mass is 406 g/mol. The highest BCUT2D eigenvalue weighted by Crippen LogP contribution is 2.38. The van der Waals surface area contributed by atoms with Crippen LogP contribution in [-0.4, -0.2) is 26.5 Å². The number of anilines is 2. The van der Waals surface area contributed by atoms with Crippen LogP contribution in [0.2, 0.25) is 5.02 Å². The number of sulfone groups is 1. The van der Waals surface area contributed by atoms with Gasteiger partial charge in [-0.3, -0.25) is 9.59 Å². The maximum atomic E-state index is 12.4. The predicted molar refractivity (Wildman–Crippen MR) is 105 cm³/mol. The zero-order chi connectivity index (χ0) is 19.8. The lowest BCUT2D eigenvalue weighted by Gasteiger charge is -2.11. The van der Waals surface area contributed by atoms with Crippen LogP contribution in [-0.2, 0) is 14.6 Å². The summed E-state index contributed by atoms with van der Waals surface area (Å²) in [7, 11) is -3.41. The first-order valence-corrected chi connectivity index (χ1v) is 10.6. The molecule has 0 bridgehead atoms. The Hall–Kier alpha value is -2.38. The lowest BCUT2D eigenvalue weighted by Crippen LogP contribution is -2.15. The second kappa shape index (κ2) is 7.32. The molecular weight excluding hydrogens is 388 g/mol. The number of hydrogen-bond donors (Lipinski definition) is 2. The summed E-state index contributed by atoms with van der Waals surface area (Å²) >= 11 is 6.21. The van der Waals surface area contributed by atoms with Crippen LogP contribution in [0.25, 0.3) is 0 Å². The smallest absolute Gasteiger partial charge is 0.255 e. The third-order valence-electron chi connectivity index (χ3n) is 4.46. The predicted octanol–water partition coefficient (Wildman–Crippen LogP) is 3.59. The topological polar surface area (TPSA) is 92.3 Å². The van der Waals surface area contributed by atoms with E-state index in [1.165, 1.54) is 24.3 Å². The van der Waals surface area contributed by atoms with E-state index in [1.807, 2.05) is 6.92 Å². The molecule has 2 amide bonds. The molecule has 1 aliphatic carbocycles. The van der Waals surface area contributed by atoms with Gasteiger partial charge in [0, 0.05) is 23.4 Å². The van der Waals surface area contributed by atoms with Crippen molar-refractivity contribution in [2.24, 2.45) is 11.8 Å². The molecule has 2 N–H and O–H groups in total. The number of amides is 2. The van der Waals surface area contributed by atoms with Gasteiger partial charge in [-0.2, -0.15) is 0 Å². The molecule has 0 saturated heterocycles. The molecule has 2 aromatic carbocycles. The number of carbonyl (C=O) groups excluding carboxylic acids is 2. The second-order valence-electron chi connectivity index (χ2n) is 6.76. The third-order valence-corrected chi connectivity index (χ3v) is 5.88. The van der Waals surface area contributed by atoms with Crippen molar-refractivity contribution in [3.05, 3.63) is 53.1 Å². The van der Waals surface area contributed by atoms with E-state index in [-0.39, 0.29) is 27.3 Å². The van der Waals surface area contributed by atoms with Gasteiger partial charge < -0.3 is 10.6 Å². The Morgan fingerprint density at radius 3 is 2.41 bits per heavy atom.